The Morgan fingerprint density at radius 2 is 2.00 bits per heavy atom. The predicted molar refractivity (Wildman–Crippen MR) is 106 cm³/mol. The van der Waals surface area contributed by atoms with E-state index in [9.17, 15) is 9.65 Å². The Labute approximate surface area is 175 Å². The Balaban J connectivity index is 2.02. The van der Waals surface area contributed by atoms with Crippen molar-refractivity contribution in [3.05, 3.63) is 74.8 Å². The molecule has 2 aromatic carbocycles. The molecule has 1 atom stereocenters. The highest BCUT2D eigenvalue weighted by molar-refractivity contribution is 6.35. The summed E-state index contributed by atoms with van der Waals surface area (Å²) in [5, 5.41) is 17.5. The Morgan fingerprint density at radius 1 is 1.28 bits per heavy atom. The normalized spacial score (nSPS) is 15.5. The van der Waals surface area contributed by atoms with E-state index in [1.807, 2.05) is 0 Å². The van der Waals surface area contributed by atoms with Gasteiger partial charge < -0.3 is 15.2 Å². The molecular weight excluding hydrogens is 418 g/mol. The molecule has 1 aromatic heterocycles. The van der Waals surface area contributed by atoms with Gasteiger partial charge in [0.2, 0.25) is 11.8 Å². The second-order valence-corrected chi connectivity index (χ2v) is 7.10. The lowest BCUT2D eigenvalue weighted by atomic mass is 9.82. The highest BCUT2D eigenvalue weighted by Crippen LogP contribution is 2.49. The van der Waals surface area contributed by atoms with E-state index in [1.54, 1.807) is 24.3 Å². The van der Waals surface area contributed by atoms with Crippen molar-refractivity contribution in [2.75, 3.05) is 7.11 Å². The average molecular weight is 431 g/mol. The van der Waals surface area contributed by atoms with Crippen LogP contribution in [0.2, 0.25) is 10.0 Å². The van der Waals surface area contributed by atoms with E-state index in [1.165, 1.54) is 19.2 Å². The van der Waals surface area contributed by atoms with E-state index in [-0.39, 0.29) is 28.2 Å². The van der Waals surface area contributed by atoms with Crippen LogP contribution in [0.4, 0.5) is 4.39 Å². The number of hydrogen-bond donors (Lipinski definition) is 2. The van der Waals surface area contributed by atoms with Gasteiger partial charge in [0, 0.05) is 16.1 Å². The lowest BCUT2D eigenvalue weighted by Gasteiger charge is -2.26. The molecule has 3 N–H and O–H groups in total. The summed E-state index contributed by atoms with van der Waals surface area (Å²) in [5.41, 5.74) is 8.41. The second-order valence-electron chi connectivity index (χ2n) is 6.26. The van der Waals surface area contributed by atoms with Crippen LogP contribution in [0.5, 0.6) is 11.6 Å². The van der Waals surface area contributed by atoms with Gasteiger partial charge in [0.25, 0.3) is 0 Å². The molecule has 6 nitrogen and oxygen atoms in total. The predicted octanol–water partition coefficient (Wildman–Crippen LogP) is 4.75. The largest absolute Gasteiger partial charge is 0.495 e. The molecule has 0 unspecified atom stereocenters. The Kier molecular flexibility index (Phi) is 4.82. The summed E-state index contributed by atoms with van der Waals surface area (Å²) in [4.78, 5) is 0. The van der Waals surface area contributed by atoms with Gasteiger partial charge in [-0.25, -0.2) is 4.39 Å². The number of allylic oxidation sites excluding steroid dienone is 1. The third-order valence-corrected chi connectivity index (χ3v) is 5.12. The first-order valence-corrected chi connectivity index (χ1v) is 9.15. The summed E-state index contributed by atoms with van der Waals surface area (Å²) in [6.45, 7) is 0. The molecule has 0 saturated carbocycles. The highest BCUT2D eigenvalue weighted by Gasteiger charge is 2.37. The van der Waals surface area contributed by atoms with Crippen LogP contribution in [-0.2, 0) is 0 Å². The zero-order valence-electron chi connectivity index (χ0n) is 15.0. The summed E-state index contributed by atoms with van der Waals surface area (Å²) >= 11 is 12.6. The number of benzene rings is 2. The molecule has 0 radical (unpaired) electrons. The summed E-state index contributed by atoms with van der Waals surface area (Å²) in [7, 11) is 1.47. The summed E-state index contributed by atoms with van der Waals surface area (Å²) in [6.07, 6.45) is 0. The van der Waals surface area contributed by atoms with Gasteiger partial charge in [0.15, 0.2) is 0 Å². The molecule has 146 valence electrons. The highest BCUT2D eigenvalue weighted by atomic mass is 35.5. The van der Waals surface area contributed by atoms with Gasteiger partial charge in [-0.05, 0) is 36.4 Å². The summed E-state index contributed by atoms with van der Waals surface area (Å²) in [5.74, 6) is -0.626. The number of fused-ring (bicyclic) bond motifs is 1. The maximum absolute atomic E-state index is 13.4. The molecule has 3 aromatic rings. The number of H-pyrrole nitrogens is 1. The number of ether oxygens (including phenoxy) is 2. The topological polar surface area (TPSA) is 96.9 Å². The van der Waals surface area contributed by atoms with Crippen LogP contribution in [0.25, 0.3) is 11.3 Å². The van der Waals surface area contributed by atoms with Gasteiger partial charge in [0.1, 0.15) is 23.2 Å². The first-order chi connectivity index (χ1) is 13.9. The minimum absolute atomic E-state index is 0.0830. The van der Waals surface area contributed by atoms with E-state index in [0.717, 1.165) is 0 Å². The molecule has 0 bridgehead atoms. The molecule has 29 heavy (non-hydrogen) atoms. The van der Waals surface area contributed by atoms with E-state index < -0.39 is 5.92 Å². The van der Waals surface area contributed by atoms with Crippen molar-refractivity contribution in [3.63, 3.8) is 0 Å². The van der Waals surface area contributed by atoms with Crippen LogP contribution in [0.3, 0.4) is 0 Å². The van der Waals surface area contributed by atoms with Crippen molar-refractivity contribution < 1.29 is 13.9 Å². The van der Waals surface area contributed by atoms with Crippen LogP contribution < -0.4 is 15.2 Å². The van der Waals surface area contributed by atoms with E-state index in [4.69, 9.17) is 38.4 Å². The zero-order chi connectivity index (χ0) is 20.7. The van der Waals surface area contributed by atoms with Gasteiger partial charge in [-0.15, -0.1) is 5.10 Å². The number of aromatic amines is 1. The fourth-order valence-electron chi connectivity index (χ4n) is 3.40. The van der Waals surface area contributed by atoms with Gasteiger partial charge in [-0.3, -0.25) is 5.10 Å². The number of nitrogens with two attached hydrogens (primary N) is 1. The Morgan fingerprint density at radius 3 is 2.66 bits per heavy atom. The molecule has 1 aliphatic rings. The van der Waals surface area contributed by atoms with Gasteiger partial charge in [-0.1, -0.05) is 23.2 Å². The van der Waals surface area contributed by atoms with Gasteiger partial charge in [0.05, 0.1) is 29.3 Å². The van der Waals surface area contributed by atoms with Crippen molar-refractivity contribution in [2.45, 2.75) is 5.92 Å². The standard InChI is InChI=1S/C20H13Cl2FN4O2/c1-28-18-12(6-10(21)7-14(18)22)15-13(8-24)19(25)29-20-16(15)17(26-27-20)9-2-4-11(23)5-3-9/h2-7,15H,25H2,1H3,(H,26,27)/t15-/m1/s1. The average Bonchev–Trinajstić information content (AvgIpc) is 3.10. The van der Waals surface area contributed by atoms with E-state index in [2.05, 4.69) is 16.3 Å². The van der Waals surface area contributed by atoms with Crippen molar-refractivity contribution in [1.82, 2.24) is 10.2 Å². The molecule has 4 rings (SSSR count). The smallest absolute Gasteiger partial charge is 0.244 e. The minimum Gasteiger partial charge on any atom is -0.495 e. The van der Waals surface area contributed by atoms with Crippen molar-refractivity contribution >= 4 is 23.2 Å². The van der Waals surface area contributed by atoms with Crippen LogP contribution >= 0.6 is 23.2 Å². The number of hydrogen-bond acceptors (Lipinski definition) is 5. The number of rotatable bonds is 3. The van der Waals surface area contributed by atoms with Gasteiger partial charge >= 0.3 is 0 Å². The minimum atomic E-state index is -0.714. The third kappa shape index (κ3) is 3.16. The molecule has 0 fully saturated rings. The first kappa shape index (κ1) is 19.1. The maximum atomic E-state index is 13.4. The van der Waals surface area contributed by atoms with Crippen LogP contribution in [0, 0.1) is 17.1 Å². The first-order valence-electron chi connectivity index (χ1n) is 8.39. The molecule has 0 spiro atoms. The molecule has 9 heteroatoms. The molecule has 1 aliphatic heterocycles. The van der Waals surface area contributed by atoms with Crippen molar-refractivity contribution in [2.24, 2.45) is 5.73 Å². The van der Waals surface area contributed by atoms with Gasteiger partial charge in [-0.2, -0.15) is 5.26 Å². The fourth-order valence-corrected chi connectivity index (χ4v) is 3.99. The van der Waals surface area contributed by atoms with Crippen LogP contribution in [0.15, 0.2) is 47.9 Å². The molecule has 0 aliphatic carbocycles. The lowest BCUT2D eigenvalue weighted by Crippen LogP contribution is -2.21. The number of nitrogens with zero attached hydrogens (tertiary/aromatic N) is 2. The SMILES string of the molecule is COc1c(Cl)cc(Cl)cc1[C@@H]1C(C#N)=C(N)Oc2n[nH]c(-c3ccc(F)cc3)c21. The number of nitrogens with one attached hydrogen (secondary N) is 1. The summed E-state index contributed by atoms with van der Waals surface area (Å²) in [6, 6.07) is 11.1. The fraction of sp³-hybridized carbons (Fsp3) is 0.100. The van der Waals surface area contributed by atoms with Crippen LogP contribution in [-0.4, -0.2) is 17.3 Å². The Bertz CT molecular complexity index is 1180. The molecule has 0 amide bonds. The number of nitriles is 1. The lowest BCUT2D eigenvalue weighted by molar-refractivity contribution is 0.375. The summed E-state index contributed by atoms with van der Waals surface area (Å²) < 4.78 is 24.4. The molecule has 2 heterocycles. The number of halogens is 3. The van der Waals surface area contributed by atoms with Crippen molar-refractivity contribution in [1.29, 1.82) is 5.26 Å². The third-order valence-electron chi connectivity index (χ3n) is 4.62. The number of aromatic nitrogens is 2. The zero-order valence-corrected chi connectivity index (χ0v) is 16.5. The van der Waals surface area contributed by atoms with E-state index in [0.29, 0.717) is 33.2 Å². The number of methoxy groups -OCH3 is 1. The van der Waals surface area contributed by atoms with E-state index >= 15 is 0 Å². The molecule has 0 saturated heterocycles. The monoisotopic (exact) mass is 430 g/mol. The van der Waals surface area contributed by atoms with Crippen LogP contribution in [0.1, 0.15) is 17.0 Å². The second kappa shape index (κ2) is 7.32. The molecular formula is C20H13Cl2FN4O2. The quantitative estimate of drug-likeness (QED) is 0.624. The van der Waals surface area contributed by atoms with Crippen molar-refractivity contribution in [3.8, 4) is 29.0 Å². The maximum Gasteiger partial charge on any atom is 0.244 e. The Hall–Kier alpha value is -3.21.